The van der Waals surface area contributed by atoms with Gasteiger partial charge in [0, 0.05) is 36.1 Å². The van der Waals surface area contributed by atoms with Gasteiger partial charge in [-0.3, -0.25) is 9.48 Å². The molecule has 1 aliphatic heterocycles. The number of amides is 1. The first-order valence-electron chi connectivity index (χ1n) is 11.6. The van der Waals surface area contributed by atoms with Crippen molar-refractivity contribution in [1.29, 1.82) is 0 Å². The molecular weight excluding hydrogens is 396 g/mol. The SMILES string of the molecule is Cc1cc(C)n(Cc2ccc(C(=O)N3CCCC(Nc4ccc(C(C)C)cc4)C3)cc2)n1. The van der Waals surface area contributed by atoms with E-state index in [2.05, 4.69) is 61.5 Å². The number of carbonyl (C=O) groups is 1. The fraction of sp³-hybridized carbons (Fsp3) is 0.407. The molecule has 5 nitrogen and oxygen atoms in total. The summed E-state index contributed by atoms with van der Waals surface area (Å²) in [6.07, 6.45) is 2.10. The first-order valence-corrected chi connectivity index (χ1v) is 11.6. The Hall–Kier alpha value is -3.08. The van der Waals surface area contributed by atoms with E-state index in [1.807, 2.05) is 40.8 Å². The molecule has 5 heteroatoms. The van der Waals surface area contributed by atoms with Crippen LogP contribution < -0.4 is 5.32 Å². The molecule has 0 spiro atoms. The van der Waals surface area contributed by atoms with E-state index >= 15 is 0 Å². The molecule has 1 fully saturated rings. The molecule has 0 radical (unpaired) electrons. The Morgan fingerprint density at radius 2 is 1.81 bits per heavy atom. The van der Waals surface area contributed by atoms with Gasteiger partial charge in [-0.05, 0) is 74.1 Å². The largest absolute Gasteiger partial charge is 0.381 e. The molecule has 32 heavy (non-hydrogen) atoms. The smallest absolute Gasteiger partial charge is 0.253 e. The Morgan fingerprint density at radius 1 is 1.09 bits per heavy atom. The van der Waals surface area contributed by atoms with Crippen LogP contribution in [0.2, 0.25) is 0 Å². The molecule has 168 valence electrons. The zero-order valence-electron chi connectivity index (χ0n) is 19.6. The Labute approximate surface area is 191 Å². The van der Waals surface area contributed by atoms with Gasteiger partial charge in [0.05, 0.1) is 12.2 Å². The standard InChI is InChI=1S/C27H34N4O/c1-19(2)23-11-13-25(14-12-23)28-26-6-5-15-30(18-26)27(32)24-9-7-22(8-10-24)17-31-21(4)16-20(3)29-31/h7-14,16,19,26,28H,5-6,15,17-18H2,1-4H3. The van der Waals surface area contributed by atoms with Crippen LogP contribution in [0.4, 0.5) is 5.69 Å². The highest BCUT2D eigenvalue weighted by molar-refractivity contribution is 5.94. The van der Waals surface area contributed by atoms with Crippen molar-refractivity contribution in [3.05, 3.63) is 82.7 Å². The van der Waals surface area contributed by atoms with Gasteiger partial charge in [0.2, 0.25) is 0 Å². The van der Waals surface area contributed by atoms with Gasteiger partial charge >= 0.3 is 0 Å². The lowest BCUT2D eigenvalue weighted by molar-refractivity contribution is 0.0715. The van der Waals surface area contributed by atoms with E-state index in [1.54, 1.807) is 0 Å². The van der Waals surface area contributed by atoms with Gasteiger partial charge in [0.1, 0.15) is 0 Å². The predicted octanol–water partition coefficient (Wildman–Crippen LogP) is 5.39. The fourth-order valence-electron chi connectivity index (χ4n) is 4.42. The number of aromatic nitrogens is 2. The molecule has 1 unspecified atom stereocenters. The minimum absolute atomic E-state index is 0.115. The summed E-state index contributed by atoms with van der Waals surface area (Å²) < 4.78 is 2.00. The number of piperidine rings is 1. The quantitative estimate of drug-likeness (QED) is 0.570. The second-order valence-corrected chi connectivity index (χ2v) is 9.29. The number of likely N-dealkylation sites (tertiary alicyclic amines) is 1. The maximum atomic E-state index is 13.1. The van der Waals surface area contributed by atoms with Crippen LogP contribution in [-0.2, 0) is 6.54 Å². The minimum Gasteiger partial charge on any atom is -0.381 e. The van der Waals surface area contributed by atoms with Crippen molar-refractivity contribution >= 4 is 11.6 Å². The molecule has 0 aliphatic carbocycles. The van der Waals surface area contributed by atoms with Gasteiger partial charge in [-0.25, -0.2) is 0 Å². The number of hydrogen-bond acceptors (Lipinski definition) is 3. The van der Waals surface area contributed by atoms with E-state index in [0.717, 1.165) is 60.7 Å². The maximum Gasteiger partial charge on any atom is 0.253 e. The van der Waals surface area contributed by atoms with Gasteiger partial charge in [-0.1, -0.05) is 38.1 Å². The summed E-state index contributed by atoms with van der Waals surface area (Å²) in [7, 11) is 0. The Balaban J connectivity index is 1.36. The molecule has 2 heterocycles. The summed E-state index contributed by atoms with van der Waals surface area (Å²) in [6, 6.07) is 19.0. The third-order valence-electron chi connectivity index (χ3n) is 6.29. The van der Waals surface area contributed by atoms with Crippen molar-refractivity contribution in [2.75, 3.05) is 18.4 Å². The monoisotopic (exact) mass is 430 g/mol. The first-order chi connectivity index (χ1) is 15.4. The predicted molar refractivity (Wildman–Crippen MR) is 130 cm³/mol. The number of carbonyl (C=O) groups excluding carboxylic acids is 1. The number of nitrogens with zero attached hydrogens (tertiary/aromatic N) is 3. The van der Waals surface area contributed by atoms with Crippen molar-refractivity contribution in [2.45, 2.75) is 59.0 Å². The van der Waals surface area contributed by atoms with E-state index in [1.165, 1.54) is 5.56 Å². The van der Waals surface area contributed by atoms with E-state index < -0.39 is 0 Å². The normalized spacial score (nSPS) is 16.4. The highest BCUT2D eigenvalue weighted by Crippen LogP contribution is 2.21. The second kappa shape index (κ2) is 9.60. The Morgan fingerprint density at radius 3 is 2.44 bits per heavy atom. The summed E-state index contributed by atoms with van der Waals surface area (Å²) in [5, 5.41) is 8.15. The number of aryl methyl sites for hydroxylation is 2. The Kier molecular flexibility index (Phi) is 6.63. The van der Waals surface area contributed by atoms with Gasteiger partial charge in [-0.2, -0.15) is 5.10 Å². The molecule has 1 amide bonds. The molecule has 0 saturated carbocycles. The van der Waals surface area contributed by atoms with Crippen LogP contribution in [0, 0.1) is 13.8 Å². The molecule has 1 aromatic heterocycles. The van der Waals surface area contributed by atoms with Gasteiger partial charge < -0.3 is 10.2 Å². The Bertz CT molecular complexity index is 1050. The van der Waals surface area contributed by atoms with Crippen molar-refractivity contribution in [2.24, 2.45) is 0 Å². The van der Waals surface area contributed by atoms with Gasteiger partial charge in [0.15, 0.2) is 0 Å². The lowest BCUT2D eigenvalue weighted by atomic mass is 10.0. The molecule has 3 aromatic rings. The summed E-state index contributed by atoms with van der Waals surface area (Å²) >= 11 is 0. The van der Waals surface area contributed by atoms with Crippen LogP contribution in [0.5, 0.6) is 0 Å². The van der Waals surface area contributed by atoms with Crippen LogP contribution in [0.1, 0.15) is 65.5 Å². The van der Waals surface area contributed by atoms with Crippen molar-refractivity contribution in [3.63, 3.8) is 0 Å². The van der Waals surface area contributed by atoms with Gasteiger partial charge in [-0.15, -0.1) is 0 Å². The van der Waals surface area contributed by atoms with Crippen LogP contribution >= 0.6 is 0 Å². The zero-order chi connectivity index (χ0) is 22.7. The third kappa shape index (κ3) is 5.21. The number of benzene rings is 2. The lowest BCUT2D eigenvalue weighted by Gasteiger charge is -2.34. The number of rotatable bonds is 6. The van der Waals surface area contributed by atoms with Crippen molar-refractivity contribution in [1.82, 2.24) is 14.7 Å². The van der Waals surface area contributed by atoms with Crippen molar-refractivity contribution < 1.29 is 4.79 Å². The lowest BCUT2D eigenvalue weighted by Crippen LogP contribution is -2.45. The third-order valence-corrected chi connectivity index (χ3v) is 6.29. The summed E-state index contributed by atoms with van der Waals surface area (Å²) in [6.45, 7) is 10.8. The zero-order valence-corrected chi connectivity index (χ0v) is 19.6. The minimum atomic E-state index is 0.115. The molecule has 1 N–H and O–H groups in total. The molecular formula is C27H34N4O. The summed E-state index contributed by atoms with van der Waals surface area (Å²) in [5.41, 5.74) is 6.55. The molecule has 0 bridgehead atoms. The number of nitrogens with one attached hydrogen (secondary N) is 1. The molecule has 2 aromatic carbocycles. The van der Waals surface area contributed by atoms with E-state index in [9.17, 15) is 4.79 Å². The topological polar surface area (TPSA) is 50.2 Å². The number of anilines is 1. The fourth-order valence-corrected chi connectivity index (χ4v) is 4.42. The van der Waals surface area contributed by atoms with Crippen LogP contribution in [0.15, 0.2) is 54.6 Å². The van der Waals surface area contributed by atoms with Gasteiger partial charge in [0.25, 0.3) is 5.91 Å². The van der Waals surface area contributed by atoms with Crippen molar-refractivity contribution in [3.8, 4) is 0 Å². The number of hydrogen-bond donors (Lipinski definition) is 1. The highest BCUT2D eigenvalue weighted by Gasteiger charge is 2.24. The summed E-state index contributed by atoms with van der Waals surface area (Å²) in [4.78, 5) is 15.1. The van der Waals surface area contributed by atoms with Crippen LogP contribution in [0.3, 0.4) is 0 Å². The maximum absolute atomic E-state index is 13.1. The average Bonchev–Trinajstić information content (AvgIpc) is 3.11. The highest BCUT2D eigenvalue weighted by atomic mass is 16.2. The molecule has 4 rings (SSSR count). The average molecular weight is 431 g/mol. The molecule has 1 aliphatic rings. The molecule has 1 atom stereocenters. The summed E-state index contributed by atoms with van der Waals surface area (Å²) in [5.74, 6) is 0.648. The van der Waals surface area contributed by atoms with Crippen LogP contribution in [0.25, 0.3) is 0 Å². The first kappa shape index (κ1) is 22.1. The molecule has 1 saturated heterocycles. The second-order valence-electron chi connectivity index (χ2n) is 9.29. The van der Waals surface area contributed by atoms with E-state index in [-0.39, 0.29) is 11.9 Å². The van der Waals surface area contributed by atoms with Crippen LogP contribution in [-0.4, -0.2) is 39.7 Å². The van der Waals surface area contributed by atoms with E-state index in [0.29, 0.717) is 5.92 Å². The van der Waals surface area contributed by atoms with E-state index in [4.69, 9.17) is 0 Å².